The highest BCUT2D eigenvalue weighted by molar-refractivity contribution is 8.02. The summed E-state index contributed by atoms with van der Waals surface area (Å²) >= 11 is 8.34. The number of para-hydroxylation sites is 1. The van der Waals surface area contributed by atoms with Crippen LogP contribution in [-0.2, 0) is 20.8 Å². The number of aliphatic hydroxyl groups excluding tert-OH is 1. The molecule has 2 unspecified atom stereocenters. The number of benzene rings is 2. The Morgan fingerprint density at radius 2 is 1.86 bits per heavy atom. The molecule has 44 heavy (non-hydrogen) atoms. The van der Waals surface area contributed by atoms with Gasteiger partial charge in [-0.1, -0.05) is 73.1 Å². The highest BCUT2D eigenvalue weighted by Gasteiger charge is 2.74. The Balaban J connectivity index is 1.63. The molecule has 7 nitrogen and oxygen atoms in total. The molecule has 2 aromatic rings. The Morgan fingerprint density at radius 3 is 2.50 bits per heavy atom. The fourth-order valence-corrected chi connectivity index (χ4v) is 10.2. The zero-order valence-electron chi connectivity index (χ0n) is 25.5. The molecule has 0 radical (unpaired) electrons. The topological polar surface area (TPSA) is 81.2 Å². The van der Waals surface area contributed by atoms with Crippen LogP contribution in [0.15, 0.2) is 73.8 Å². The molecule has 3 aliphatic heterocycles. The maximum Gasteiger partial charge on any atom is 0.251 e. The lowest BCUT2D eigenvalue weighted by atomic mass is 9.70. The zero-order chi connectivity index (χ0) is 31.6. The van der Waals surface area contributed by atoms with Crippen LogP contribution in [0.4, 0.5) is 5.69 Å². The quantitative estimate of drug-likeness (QED) is 0.303. The maximum atomic E-state index is 15.0. The molecule has 3 heterocycles. The number of anilines is 1. The van der Waals surface area contributed by atoms with Gasteiger partial charge in [-0.05, 0) is 49.8 Å². The van der Waals surface area contributed by atoms with Gasteiger partial charge < -0.3 is 19.8 Å². The Labute approximate surface area is 269 Å². The Hall–Kier alpha value is -3.07. The number of halogens is 1. The first kappa shape index (κ1) is 32.3. The molecule has 2 aromatic carbocycles. The van der Waals surface area contributed by atoms with Crippen LogP contribution in [0.2, 0.25) is 5.02 Å². The van der Waals surface area contributed by atoms with Crippen LogP contribution in [0.1, 0.15) is 37.3 Å². The van der Waals surface area contributed by atoms with E-state index in [1.54, 1.807) is 44.7 Å². The van der Waals surface area contributed by atoms with Gasteiger partial charge in [-0.3, -0.25) is 14.4 Å². The molecule has 234 valence electrons. The van der Waals surface area contributed by atoms with Gasteiger partial charge in [-0.2, -0.15) is 0 Å². The standard InChI is InChI=1S/C35H42ClN3O4S/c1-5-18-37(19-6-2)32(41)28-27-16-17-35(44-27)29(28)33(42)39(25(22-40)21-24-13-9-8-10-14-24)31(35)34(43)38(20-7-3)30-23(4)12-11-15-26(30)36/h5,7-15,25,27-29,31,40H,1,3,6,16-22H2,2,4H3/t25-,27-,28+,29+,31?,35?/m1/s1. The molecular formula is C35H42ClN3O4S. The van der Waals surface area contributed by atoms with E-state index in [0.717, 1.165) is 24.0 Å². The number of carbonyl (C=O) groups excluding carboxylic acids is 3. The molecular weight excluding hydrogens is 594 g/mol. The summed E-state index contributed by atoms with van der Waals surface area (Å²) < 4.78 is -0.802. The van der Waals surface area contributed by atoms with Gasteiger partial charge >= 0.3 is 0 Å². The number of amides is 3. The van der Waals surface area contributed by atoms with Gasteiger partial charge in [0.15, 0.2) is 0 Å². The number of likely N-dealkylation sites (tertiary alicyclic amines) is 1. The number of nitrogens with zero attached hydrogens (tertiary/aromatic N) is 3. The third-order valence-corrected chi connectivity index (χ3v) is 11.6. The minimum atomic E-state index is -0.886. The summed E-state index contributed by atoms with van der Waals surface area (Å²) in [4.78, 5) is 49.0. The highest BCUT2D eigenvalue weighted by atomic mass is 35.5. The maximum absolute atomic E-state index is 15.0. The zero-order valence-corrected chi connectivity index (χ0v) is 27.1. The second-order valence-electron chi connectivity index (χ2n) is 12.0. The van der Waals surface area contributed by atoms with Crippen LogP contribution in [0.3, 0.4) is 0 Å². The van der Waals surface area contributed by atoms with Crippen molar-refractivity contribution in [2.24, 2.45) is 11.8 Å². The lowest BCUT2D eigenvalue weighted by Gasteiger charge is -2.40. The van der Waals surface area contributed by atoms with Crippen LogP contribution in [-0.4, -0.2) is 80.9 Å². The molecule has 3 fully saturated rings. The van der Waals surface area contributed by atoms with Gasteiger partial charge in [-0.15, -0.1) is 24.9 Å². The van der Waals surface area contributed by atoms with E-state index in [9.17, 15) is 14.7 Å². The molecule has 1 N–H and O–H groups in total. The molecule has 6 atom stereocenters. The Kier molecular flexibility index (Phi) is 9.93. The summed E-state index contributed by atoms with van der Waals surface area (Å²) in [5, 5.41) is 11.2. The number of hydrogen-bond acceptors (Lipinski definition) is 5. The van der Waals surface area contributed by atoms with E-state index in [0.29, 0.717) is 36.6 Å². The first-order valence-electron chi connectivity index (χ1n) is 15.5. The van der Waals surface area contributed by atoms with Crippen molar-refractivity contribution in [1.82, 2.24) is 9.80 Å². The van der Waals surface area contributed by atoms with E-state index in [2.05, 4.69) is 13.2 Å². The normalized spacial score (nSPS) is 25.9. The van der Waals surface area contributed by atoms with Gasteiger partial charge in [0.25, 0.3) is 5.91 Å². The molecule has 1 spiro atoms. The number of rotatable bonds is 13. The van der Waals surface area contributed by atoms with Crippen LogP contribution < -0.4 is 4.90 Å². The van der Waals surface area contributed by atoms with Crippen LogP contribution >= 0.6 is 23.4 Å². The molecule has 2 bridgehead atoms. The van der Waals surface area contributed by atoms with Crippen molar-refractivity contribution in [3.63, 3.8) is 0 Å². The van der Waals surface area contributed by atoms with Crippen LogP contribution in [0, 0.1) is 18.8 Å². The fraction of sp³-hybridized carbons (Fsp3) is 0.457. The van der Waals surface area contributed by atoms with E-state index >= 15 is 4.79 Å². The summed E-state index contributed by atoms with van der Waals surface area (Å²) in [6, 6.07) is 13.7. The molecule has 0 aliphatic carbocycles. The lowest BCUT2D eigenvalue weighted by molar-refractivity contribution is -0.145. The molecule has 0 saturated carbocycles. The molecule has 0 aromatic heterocycles. The van der Waals surface area contributed by atoms with Crippen molar-refractivity contribution in [3.05, 3.63) is 90.0 Å². The van der Waals surface area contributed by atoms with Crippen molar-refractivity contribution in [2.75, 3.05) is 31.1 Å². The number of thioether (sulfide) groups is 1. The van der Waals surface area contributed by atoms with E-state index in [4.69, 9.17) is 11.6 Å². The van der Waals surface area contributed by atoms with Gasteiger partial charge in [0.2, 0.25) is 11.8 Å². The summed E-state index contributed by atoms with van der Waals surface area (Å²) in [5.74, 6) is -1.75. The van der Waals surface area contributed by atoms with E-state index in [1.807, 2.05) is 56.3 Å². The fourth-order valence-electron chi connectivity index (χ4n) is 7.64. The SMILES string of the molecule is C=CCN(CCC)C(=O)[C@@H]1[C@H]2C(=O)N([C@@H](CO)Cc3ccccc3)C(C(=O)N(CC=C)c3c(C)cccc3Cl)C23CC[C@H]1S3. The minimum Gasteiger partial charge on any atom is -0.394 e. The molecule has 3 amide bonds. The predicted molar refractivity (Wildman–Crippen MR) is 178 cm³/mol. The number of aryl methyl sites for hydroxylation is 1. The smallest absolute Gasteiger partial charge is 0.251 e. The van der Waals surface area contributed by atoms with Crippen molar-refractivity contribution >= 4 is 46.8 Å². The number of fused-ring (bicyclic) bond motifs is 1. The van der Waals surface area contributed by atoms with Crippen molar-refractivity contribution in [1.29, 1.82) is 0 Å². The molecule has 3 saturated heterocycles. The van der Waals surface area contributed by atoms with E-state index < -0.39 is 28.7 Å². The highest BCUT2D eigenvalue weighted by Crippen LogP contribution is 2.67. The van der Waals surface area contributed by atoms with Crippen molar-refractivity contribution in [2.45, 2.75) is 61.6 Å². The first-order chi connectivity index (χ1) is 21.2. The predicted octanol–water partition coefficient (Wildman–Crippen LogP) is 5.29. The van der Waals surface area contributed by atoms with Crippen LogP contribution in [0.5, 0.6) is 0 Å². The Bertz CT molecular complexity index is 1400. The average molecular weight is 636 g/mol. The second kappa shape index (κ2) is 13.5. The van der Waals surface area contributed by atoms with Crippen molar-refractivity contribution < 1.29 is 19.5 Å². The Morgan fingerprint density at radius 1 is 1.14 bits per heavy atom. The number of carbonyl (C=O) groups is 3. The van der Waals surface area contributed by atoms with Gasteiger partial charge in [0, 0.05) is 24.9 Å². The van der Waals surface area contributed by atoms with Gasteiger partial charge in [-0.25, -0.2) is 0 Å². The summed E-state index contributed by atoms with van der Waals surface area (Å²) in [5.41, 5.74) is 2.37. The van der Waals surface area contributed by atoms with E-state index in [1.165, 1.54) is 0 Å². The number of hydrogen-bond donors (Lipinski definition) is 1. The lowest BCUT2D eigenvalue weighted by Crippen LogP contribution is -2.58. The monoisotopic (exact) mass is 635 g/mol. The molecule has 3 aliphatic rings. The number of aliphatic hydroxyl groups is 1. The summed E-state index contributed by atoms with van der Waals surface area (Å²) in [6.07, 6.45) is 5.93. The second-order valence-corrected chi connectivity index (χ2v) is 14.1. The van der Waals surface area contributed by atoms with Crippen molar-refractivity contribution in [3.8, 4) is 0 Å². The summed E-state index contributed by atoms with van der Waals surface area (Å²) in [7, 11) is 0. The first-order valence-corrected chi connectivity index (χ1v) is 16.7. The molecule has 5 rings (SSSR count). The third kappa shape index (κ3) is 5.50. The van der Waals surface area contributed by atoms with E-state index in [-0.39, 0.29) is 36.1 Å². The van der Waals surface area contributed by atoms with Crippen LogP contribution in [0.25, 0.3) is 0 Å². The van der Waals surface area contributed by atoms with Gasteiger partial charge in [0.1, 0.15) is 6.04 Å². The largest absolute Gasteiger partial charge is 0.394 e. The molecule has 9 heteroatoms. The summed E-state index contributed by atoms with van der Waals surface area (Å²) in [6.45, 7) is 12.6. The van der Waals surface area contributed by atoms with Gasteiger partial charge in [0.05, 0.1) is 39.9 Å². The minimum absolute atomic E-state index is 0.0503. The average Bonchev–Trinajstić information content (AvgIpc) is 3.66. The third-order valence-electron chi connectivity index (χ3n) is 9.37.